The van der Waals surface area contributed by atoms with E-state index >= 15 is 0 Å². The van der Waals surface area contributed by atoms with E-state index in [9.17, 15) is 9.59 Å². The summed E-state index contributed by atoms with van der Waals surface area (Å²) in [6.45, 7) is -0.0878. The van der Waals surface area contributed by atoms with Gasteiger partial charge in [0, 0.05) is 4.88 Å². The summed E-state index contributed by atoms with van der Waals surface area (Å²) in [4.78, 5) is 28.7. The number of amides is 2. The number of primary amides is 1. The van der Waals surface area contributed by atoms with Crippen LogP contribution in [0, 0.1) is 11.3 Å². The number of rotatable bonds is 4. The number of nitrogens with two attached hydrogens (primary N) is 1. The van der Waals surface area contributed by atoms with Crippen LogP contribution in [0.1, 0.15) is 39.5 Å². The number of hydrogen-bond acceptors (Lipinski definition) is 6. The van der Waals surface area contributed by atoms with Crippen molar-refractivity contribution in [3.05, 3.63) is 28.2 Å². The number of aryl methyl sites for hydroxylation is 1. The van der Waals surface area contributed by atoms with Gasteiger partial charge in [0.05, 0.1) is 5.56 Å². The molecule has 3 rings (SSSR count). The van der Waals surface area contributed by atoms with Crippen LogP contribution in [0.3, 0.4) is 0 Å². The third-order valence-electron chi connectivity index (χ3n) is 3.61. The van der Waals surface area contributed by atoms with Crippen LogP contribution < -0.4 is 11.1 Å². The number of aromatic nitrogens is 3. The molecule has 8 nitrogen and oxygen atoms in total. The number of anilines is 1. The van der Waals surface area contributed by atoms with Crippen LogP contribution in [-0.4, -0.2) is 26.6 Å². The number of nitriles is 1. The molecule has 2 amide bonds. The summed E-state index contributed by atoms with van der Waals surface area (Å²) in [6, 6.07) is 1.79. The van der Waals surface area contributed by atoms with E-state index in [1.807, 2.05) is 0 Å². The van der Waals surface area contributed by atoms with E-state index in [-0.39, 0.29) is 18.3 Å². The average Bonchev–Trinajstić information content (AvgIpc) is 3.10. The summed E-state index contributed by atoms with van der Waals surface area (Å²) < 4.78 is 1.27. The standard InChI is InChI=1S/C14H14N6O2S/c15-5-10-17-7-20(19-10)6-11(21)18-14-12(13(16)22)8-3-1-2-4-9(8)23-14/h7H,1-4,6H2,(H2,16,22)(H,18,21). The van der Waals surface area contributed by atoms with Crippen molar-refractivity contribution >= 4 is 28.2 Å². The molecule has 0 saturated heterocycles. The largest absolute Gasteiger partial charge is 0.365 e. The minimum atomic E-state index is -0.521. The third-order valence-corrected chi connectivity index (χ3v) is 4.82. The maximum Gasteiger partial charge on any atom is 0.252 e. The van der Waals surface area contributed by atoms with E-state index < -0.39 is 5.91 Å². The predicted octanol–water partition coefficient (Wildman–Crippen LogP) is 0.828. The highest BCUT2D eigenvalue weighted by Gasteiger charge is 2.25. The van der Waals surface area contributed by atoms with Crippen molar-refractivity contribution in [2.45, 2.75) is 32.2 Å². The molecule has 2 heterocycles. The van der Waals surface area contributed by atoms with Crippen LogP contribution >= 0.6 is 11.3 Å². The molecule has 0 unspecified atom stereocenters. The zero-order valence-electron chi connectivity index (χ0n) is 12.2. The van der Waals surface area contributed by atoms with Gasteiger partial charge in [0.2, 0.25) is 5.91 Å². The van der Waals surface area contributed by atoms with Crippen LogP contribution in [0.5, 0.6) is 0 Å². The number of hydrogen-bond donors (Lipinski definition) is 2. The Labute approximate surface area is 135 Å². The first-order chi connectivity index (χ1) is 11.1. The van der Waals surface area contributed by atoms with Crippen LogP contribution in [-0.2, 0) is 24.2 Å². The summed E-state index contributed by atoms with van der Waals surface area (Å²) in [6.07, 6.45) is 5.13. The molecule has 2 aromatic rings. The third kappa shape index (κ3) is 3.07. The Balaban J connectivity index is 1.79. The Kier molecular flexibility index (Phi) is 4.08. The van der Waals surface area contributed by atoms with Crippen LogP contribution in [0.25, 0.3) is 0 Å². The summed E-state index contributed by atoms with van der Waals surface area (Å²) in [5, 5.41) is 15.7. The minimum Gasteiger partial charge on any atom is -0.365 e. The molecule has 3 N–H and O–H groups in total. The summed E-state index contributed by atoms with van der Waals surface area (Å²) in [5.74, 6) is -0.866. The molecule has 0 radical (unpaired) electrons. The van der Waals surface area contributed by atoms with Gasteiger partial charge >= 0.3 is 0 Å². The van der Waals surface area contributed by atoms with Crippen molar-refractivity contribution in [3.8, 4) is 6.07 Å². The van der Waals surface area contributed by atoms with E-state index in [1.54, 1.807) is 6.07 Å². The molecule has 9 heteroatoms. The zero-order valence-corrected chi connectivity index (χ0v) is 13.0. The van der Waals surface area contributed by atoms with Gasteiger partial charge in [-0.15, -0.1) is 16.4 Å². The predicted molar refractivity (Wildman–Crippen MR) is 82.8 cm³/mol. The first-order valence-electron chi connectivity index (χ1n) is 7.12. The lowest BCUT2D eigenvalue weighted by atomic mass is 9.95. The van der Waals surface area contributed by atoms with Crippen molar-refractivity contribution in [2.75, 3.05) is 5.32 Å². The van der Waals surface area contributed by atoms with Gasteiger partial charge < -0.3 is 11.1 Å². The number of nitrogens with one attached hydrogen (secondary N) is 1. The molecule has 0 saturated carbocycles. The smallest absolute Gasteiger partial charge is 0.252 e. The first kappa shape index (κ1) is 15.2. The number of carbonyl (C=O) groups excluding carboxylic acids is 2. The van der Waals surface area contributed by atoms with E-state index in [1.165, 1.54) is 22.3 Å². The van der Waals surface area contributed by atoms with Crippen molar-refractivity contribution in [1.29, 1.82) is 5.26 Å². The van der Waals surface area contributed by atoms with Crippen LogP contribution in [0.4, 0.5) is 5.00 Å². The fourth-order valence-corrected chi connectivity index (χ4v) is 3.96. The molecule has 0 fully saturated rings. The summed E-state index contributed by atoms with van der Waals surface area (Å²) in [5.41, 5.74) is 6.88. The molecule has 1 aliphatic rings. The van der Waals surface area contributed by atoms with Crippen molar-refractivity contribution in [1.82, 2.24) is 14.8 Å². The van der Waals surface area contributed by atoms with E-state index in [4.69, 9.17) is 11.0 Å². The minimum absolute atomic E-state index is 0.00205. The highest BCUT2D eigenvalue weighted by atomic mass is 32.1. The molecule has 1 aliphatic carbocycles. The Bertz CT molecular complexity index is 816. The normalized spacial score (nSPS) is 13.2. The zero-order chi connectivity index (χ0) is 16.4. The van der Waals surface area contributed by atoms with Crippen LogP contribution in [0.2, 0.25) is 0 Å². The number of nitrogens with zero attached hydrogens (tertiary/aromatic N) is 4. The van der Waals surface area contributed by atoms with Crippen LogP contribution in [0.15, 0.2) is 6.33 Å². The van der Waals surface area contributed by atoms with E-state index in [2.05, 4.69) is 15.4 Å². The van der Waals surface area contributed by atoms with Gasteiger partial charge in [-0.3, -0.25) is 9.59 Å². The van der Waals surface area contributed by atoms with Crippen molar-refractivity contribution < 1.29 is 9.59 Å². The molecule has 2 aromatic heterocycles. The molecule has 0 aromatic carbocycles. The Morgan fingerprint density at radius 3 is 2.91 bits per heavy atom. The van der Waals surface area contributed by atoms with Gasteiger partial charge in [0.1, 0.15) is 23.9 Å². The average molecular weight is 330 g/mol. The van der Waals surface area contributed by atoms with E-state index in [0.29, 0.717) is 10.6 Å². The highest BCUT2D eigenvalue weighted by Crippen LogP contribution is 2.37. The molecule has 23 heavy (non-hydrogen) atoms. The van der Waals surface area contributed by atoms with E-state index in [0.717, 1.165) is 36.1 Å². The molecular weight excluding hydrogens is 316 g/mol. The molecular formula is C14H14N6O2S. The molecule has 0 spiro atoms. The second-order valence-corrected chi connectivity index (χ2v) is 6.31. The lowest BCUT2D eigenvalue weighted by Crippen LogP contribution is -2.21. The van der Waals surface area contributed by atoms with Gasteiger partial charge in [-0.05, 0) is 31.2 Å². The van der Waals surface area contributed by atoms with Crippen molar-refractivity contribution in [3.63, 3.8) is 0 Å². The lowest BCUT2D eigenvalue weighted by Gasteiger charge is -2.11. The topological polar surface area (TPSA) is 127 Å². The van der Waals surface area contributed by atoms with Gasteiger partial charge in [-0.2, -0.15) is 5.26 Å². The first-order valence-corrected chi connectivity index (χ1v) is 7.94. The summed E-state index contributed by atoms with van der Waals surface area (Å²) in [7, 11) is 0. The summed E-state index contributed by atoms with van der Waals surface area (Å²) >= 11 is 1.41. The molecule has 118 valence electrons. The second-order valence-electron chi connectivity index (χ2n) is 5.21. The monoisotopic (exact) mass is 330 g/mol. The fraction of sp³-hybridized carbons (Fsp3) is 0.357. The Morgan fingerprint density at radius 1 is 1.43 bits per heavy atom. The van der Waals surface area contributed by atoms with Gasteiger partial charge in [-0.25, -0.2) is 9.67 Å². The Hall–Kier alpha value is -2.73. The number of carbonyl (C=O) groups is 2. The lowest BCUT2D eigenvalue weighted by molar-refractivity contribution is -0.116. The molecule has 0 aliphatic heterocycles. The molecule has 0 bridgehead atoms. The number of thiophene rings is 1. The van der Waals surface area contributed by atoms with Crippen molar-refractivity contribution in [2.24, 2.45) is 5.73 Å². The second kappa shape index (κ2) is 6.18. The van der Waals surface area contributed by atoms with Gasteiger partial charge in [-0.1, -0.05) is 0 Å². The van der Waals surface area contributed by atoms with Gasteiger partial charge in [0.15, 0.2) is 0 Å². The quantitative estimate of drug-likeness (QED) is 0.858. The number of fused-ring (bicyclic) bond motifs is 1. The maximum absolute atomic E-state index is 12.1. The molecule has 0 atom stereocenters. The SMILES string of the molecule is N#Cc1ncn(CC(=O)Nc2sc3c(c2C(N)=O)CCCC3)n1. The van der Waals surface area contributed by atoms with Gasteiger partial charge in [0.25, 0.3) is 11.7 Å². The fourth-order valence-electron chi connectivity index (χ4n) is 2.65. The Morgan fingerprint density at radius 2 is 2.22 bits per heavy atom. The highest BCUT2D eigenvalue weighted by molar-refractivity contribution is 7.17. The maximum atomic E-state index is 12.1.